The molecule has 4 fully saturated rings. The molecule has 3 aliphatic carbocycles. The number of fused-ring (bicyclic) bond motifs is 5. The third-order valence-corrected chi connectivity index (χ3v) is 9.30. The standard InChI is InChI=1S/C19H30BrNO/c1-11-4-6-13-12-5-7-16-19(3,10-15(20)17(22)21-16)14(12)8-9-18(11,13)2/h11-16H,4-10H2,1-3H3,(H,21,22). The zero-order valence-corrected chi connectivity index (χ0v) is 15.8. The molecule has 0 spiro atoms. The first kappa shape index (κ1) is 15.5. The van der Waals surface area contributed by atoms with Crippen molar-refractivity contribution in [3.05, 3.63) is 0 Å². The molecule has 4 aliphatic rings. The van der Waals surface area contributed by atoms with Gasteiger partial charge in [0.1, 0.15) is 0 Å². The lowest BCUT2D eigenvalue weighted by atomic mass is 9.47. The molecule has 8 atom stereocenters. The van der Waals surface area contributed by atoms with Crippen molar-refractivity contribution in [2.75, 3.05) is 0 Å². The van der Waals surface area contributed by atoms with Gasteiger partial charge in [0.2, 0.25) is 5.91 Å². The molecule has 3 heteroatoms. The normalized spacial score (nSPS) is 57.5. The molecule has 124 valence electrons. The minimum absolute atomic E-state index is 0.0170. The van der Waals surface area contributed by atoms with Crippen LogP contribution in [0.4, 0.5) is 0 Å². The molecule has 0 bridgehead atoms. The van der Waals surface area contributed by atoms with Crippen molar-refractivity contribution in [1.29, 1.82) is 0 Å². The maximum absolute atomic E-state index is 12.1. The van der Waals surface area contributed by atoms with E-state index in [-0.39, 0.29) is 10.7 Å². The summed E-state index contributed by atoms with van der Waals surface area (Å²) in [6.45, 7) is 7.54. The van der Waals surface area contributed by atoms with Gasteiger partial charge in [-0.15, -0.1) is 0 Å². The fourth-order valence-corrected chi connectivity index (χ4v) is 7.82. The first-order valence-corrected chi connectivity index (χ1v) is 10.2. The van der Waals surface area contributed by atoms with E-state index in [0.29, 0.717) is 16.9 Å². The summed E-state index contributed by atoms with van der Waals surface area (Å²) in [7, 11) is 0. The summed E-state index contributed by atoms with van der Waals surface area (Å²) >= 11 is 3.63. The van der Waals surface area contributed by atoms with Crippen molar-refractivity contribution in [3.8, 4) is 0 Å². The fraction of sp³-hybridized carbons (Fsp3) is 0.947. The van der Waals surface area contributed by atoms with Crippen molar-refractivity contribution >= 4 is 21.8 Å². The number of piperidine rings is 1. The van der Waals surface area contributed by atoms with Crippen LogP contribution in [0.5, 0.6) is 0 Å². The first-order valence-electron chi connectivity index (χ1n) is 9.31. The quantitative estimate of drug-likeness (QED) is 0.626. The fourth-order valence-electron chi connectivity index (χ4n) is 6.99. The number of carbonyl (C=O) groups is 1. The maximum atomic E-state index is 12.1. The van der Waals surface area contributed by atoms with E-state index in [1.54, 1.807) is 0 Å². The predicted octanol–water partition coefficient (Wildman–Crippen LogP) is 4.52. The number of nitrogens with one attached hydrogen (secondary N) is 1. The van der Waals surface area contributed by atoms with Crippen LogP contribution in [0.3, 0.4) is 0 Å². The highest BCUT2D eigenvalue weighted by Crippen LogP contribution is 2.65. The lowest BCUT2D eigenvalue weighted by molar-refractivity contribution is -0.135. The summed E-state index contributed by atoms with van der Waals surface area (Å²) < 4.78 is 0. The van der Waals surface area contributed by atoms with E-state index in [2.05, 4.69) is 42.0 Å². The van der Waals surface area contributed by atoms with Gasteiger partial charge in [0, 0.05) is 6.04 Å². The maximum Gasteiger partial charge on any atom is 0.234 e. The van der Waals surface area contributed by atoms with E-state index >= 15 is 0 Å². The van der Waals surface area contributed by atoms with Gasteiger partial charge in [0.15, 0.2) is 0 Å². The van der Waals surface area contributed by atoms with Crippen molar-refractivity contribution in [1.82, 2.24) is 5.32 Å². The van der Waals surface area contributed by atoms with E-state index in [1.807, 2.05) is 0 Å². The third-order valence-electron chi connectivity index (χ3n) is 8.56. The van der Waals surface area contributed by atoms with E-state index in [9.17, 15) is 4.79 Å². The van der Waals surface area contributed by atoms with Crippen LogP contribution in [0.15, 0.2) is 0 Å². The minimum Gasteiger partial charge on any atom is -0.352 e. The molecule has 3 saturated carbocycles. The Morgan fingerprint density at radius 2 is 1.77 bits per heavy atom. The Kier molecular flexibility index (Phi) is 3.50. The van der Waals surface area contributed by atoms with Crippen molar-refractivity contribution < 1.29 is 4.79 Å². The first-order chi connectivity index (χ1) is 10.4. The Hall–Kier alpha value is -0.0500. The molecule has 1 aliphatic heterocycles. The van der Waals surface area contributed by atoms with E-state index in [1.165, 1.54) is 38.5 Å². The Labute approximate surface area is 143 Å². The van der Waals surface area contributed by atoms with Gasteiger partial charge in [-0.2, -0.15) is 0 Å². The summed E-state index contributed by atoms with van der Waals surface area (Å²) in [5.41, 5.74) is 0.897. The number of alkyl halides is 1. The summed E-state index contributed by atoms with van der Waals surface area (Å²) in [4.78, 5) is 12.1. The lowest BCUT2D eigenvalue weighted by Gasteiger charge is -2.60. The van der Waals surface area contributed by atoms with Gasteiger partial charge >= 0.3 is 0 Å². The van der Waals surface area contributed by atoms with E-state index in [0.717, 1.165) is 30.1 Å². The van der Waals surface area contributed by atoms with Gasteiger partial charge in [-0.25, -0.2) is 0 Å². The van der Waals surface area contributed by atoms with Crippen molar-refractivity contribution in [2.45, 2.75) is 76.6 Å². The Morgan fingerprint density at radius 1 is 1.05 bits per heavy atom. The zero-order chi connectivity index (χ0) is 15.7. The predicted molar refractivity (Wildman–Crippen MR) is 92.8 cm³/mol. The van der Waals surface area contributed by atoms with Crippen molar-refractivity contribution in [2.24, 2.45) is 34.5 Å². The van der Waals surface area contributed by atoms with Crippen LogP contribution in [0.2, 0.25) is 0 Å². The van der Waals surface area contributed by atoms with Gasteiger partial charge in [-0.05, 0) is 79.4 Å². The van der Waals surface area contributed by atoms with Crippen LogP contribution in [0, 0.1) is 34.5 Å². The largest absolute Gasteiger partial charge is 0.352 e. The molecule has 2 nitrogen and oxygen atoms in total. The summed E-state index contributed by atoms with van der Waals surface area (Å²) in [6, 6.07) is 0.415. The molecule has 4 rings (SSSR count). The monoisotopic (exact) mass is 367 g/mol. The summed E-state index contributed by atoms with van der Waals surface area (Å²) in [5, 5.41) is 3.33. The van der Waals surface area contributed by atoms with Crippen LogP contribution in [0.25, 0.3) is 0 Å². The topological polar surface area (TPSA) is 29.1 Å². The Balaban J connectivity index is 1.65. The van der Waals surface area contributed by atoms with Gasteiger partial charge < -0.3 is 5.32 Å². The second-order valence-corrected chi connectivity index (χ2v) is 10.3. The minimum atomic E-state index is 0.0170. The van der Waals surface area contributed by atoms with Gasteiger partial charge in [-0.3, -0.25) is 4.79 Å². The number of halogens is 1. The average Bonchev–Trinajstić information content (AvgIpc) is 2.77. The SMILES string of the molecule is CC1CCC2C3CCC4NC(=O)C(Br)CC4(C)C3CCC12C. The van der Waals surface area contributed by atoms with Crippen LogP contribution >= 0.6 is 15.9 Å². The highest BCUT2D eigenvalue weighted by Gasteiger charge is 2.60. The number of hydrogen-bond acceptors (Lipinski definition) is 1. The summed E-state index contributed by atoms with van der Waals surface area (Å²) in [5.74, 6) is 3.77. The lowest BCUT2D eigenvalue weighted by Crippen LogP contribution is -2.63. The molecule has 1 heterocycles. The van der Waals surface area contributed by atoms with Crippen LogP contribution < -0.4 is 5.32 Å². The third kappa shape index (κ3) is 1.93. The van der Waals surface area contributed by atoms with E-state index in [4.69, 9.17) is 0 Å². The molecular weight excluding hydrogens is 338 g/mol. The second-order valence-electron chi connectivity index (χ2n) is 9.22. The number of carbonyl (C=O) groups excluding carboxylic acids is 1. The second kappa shape index (κ2) is 4.97. The van der Waals surface area contributed by atoms with Crippen molar-refractivity contribution in [3.63, 3.8) is 0 Å². The number of amides is 1. The molecule has 1 N–H and O–H groups in total. The van der Waals surface area contributed by atoms with Crippen LogP contribution in [0.1, 0.15) is 65.7 Å². The molecule has 0 aromatic heterocycles. The Bertz CT molecular complexity index is 494. The van der Waals surface area contributed by atoms with E-state index < -0.39 is 0 Å². The highest BCUT2D eigenvalue weighted by molar-refractivity contribution is 9.10. The van der Waals surface area contributed by atoms with Gasteiger partial charge in [-0.1, -0.05) is 36.7 Å². The van der Waals surface area contributed by atoms with Gasteiger partial charge in [0.25, 0.3) is 0 Å². The van der Waals surface area contributed by atoms with Crippen LogP contribution in [-0.2, 0) is 4.79 Å². The molecular formula is C19H30BrNO. The molecule has 0 aromatic carbocycles. The number of hydrogen-bond donors (Lipinski definition) is 1. The molecule has 1 amide bonds. The van der Waals surface area contributed by atoms with Crippen LogP contribution in [-0.4, -0.2) is 16.8 Å². The highest BCUT2D eigenvalue weighted by atomic mass is 79.9. The molecule has 1 saturated heterocycles. The zero-order valence-electron chi connectivity index (χ0n) is 14.2. The molecule has 8 unspecified atom stereocenters. The molecule has 22 heavy (non-hydrogen) atoms. The molecule has 0 aromatic rings. The Morgan fingerprint density at radius 3 is 2.55 bits per heavy atom. The number of rotatable bonds is 0. The smallest absolute Gasteiger partial charge is 0.234 e. The average molecular weight is 368 g/mol. The molecule has 0 radical (unpaired) electrons. The summed E-state index contributed by atoms with van der Waals surface area (Å²) in [6.07, 6.45) is 9.23. The van der Waals surface area contributed by atoms with Gasteiger partial charge in [0.05, 0.1) is 4.83 Å².